The van der Waals surface area contributed by atoms with Gasteiger partial charge in [-0.05, 0) is 29.2 Å². The van der Waals surface area contributed by atoms with Crippen molar-refractivity contribution in [2.24, 2.45) is 5.92 Å². The first kappa shape index (κ1) is 28.9. The number of amides is 2. The molecular formula is C27H34N2O6S. The van der Waals surface area contributed by atoms with E-state index in [1.165, 1.54) is 26.2 Å². The fourth-order valence-electron chi connectivity index (χ4n) is 3.61. The first-order chi connectivity index (χ1) is 17.1. The van der Waals surface area contributed by atoms with Gasteiger partial charge in [-0.25, -0.2) is 4.79 Å². The van der Waals surface area contributed by atoms with Gasteiger partial charge in [-0.1, -0.05) is 74.5 Å². The van der Waals surface area contributed by atoms with Crippen molar-refractivity contribution >= 4 is 34.7 Å². The van der Waals surface area contributed by atoms with Crippen LogP contribution in [0.4, 0.5) is 0 Å². The molecule has 0 fully saturated rings. The second-order valence-corrected chi connectivity index (χ2v) is 9.94. The van der Waals surface area contributed by atoms with E-state index in [9.17, 15) is 24.3 Å². The van der Waals surface area contributed by atoms with Crippen molar-refractivity contribution in [3.8, 4) is 5.75 Å². The Bertz CT molecular complexity index is 1030. The second-order valence-electron chi connectivity index (χ2n) is 8.62. The Balaban J connectivity index is 2.27. The molecule has 9 heteroatoms. The molecule has 8 nitrogen and oxygen atoms in total. The molecule has 0 aromatic heterocycles. The number of rotatable bonds is 12. The number of esters is 1. The van der Waals surface area contributed by atoms with E-state index in [2.05, 4.69) is 10.6 Å². The molecule has 36 heavy (non-hydrogen) atoms. The van der Waals surface area contributed by atoms with Crippen LogP contribution in [0.3, 0.4) is 0 Å². The number of carbonyl (C=O) groups is 4. The number of benzene rings is 2. The molecule has 0 aliphatic carbocycles. The number of phenolic OH excluding ortho intramolecular Hbond substituents is 1. The topological polar surface area (TPSA) is 122 Å². The average molecular weight is 515 g/mol. The summed E-state index contributed by atoms with van der Waals surface area (Å²) in [7, 11) is 1.23. The number of carbonyl (C=O) groups excluding carboxylic acids is 4. The molecule has 2 amide bonds. The molecule has 0 saturated heterocycles. The molecular weight excluding hydrogens is 480 g/mol. The van der Waals surface area contributed by atoms with Crippen molar-refractivity contribution in [2.75, 3.05) is 7.11 Å². The molecule has 0 aliphatic heterocycles. The first-order valence-electron chi connectivity index (χ1n) is 11.8. The van der Waals surface area contributed by atoms with E-state index in [0.29, 0.717) is 12.0 Å². The molecule has 3 N–H and O–H groups in total. The highest BCUT2D eigenvalue weighted by Crippen LogP contribution is 2.23. The smallest absolute Gasteiger partial charge is 0.328 e. The molecule has 0 spiro atoms. The van der Waals surface area contributed by atoms with Gasteiger partial charge in [0.25, 0.3) is 0 Å². The normalized spacial score (nSPS) is 14.1. The molecule has 2 rings (SSSR count). The highest BCUT2D eigenvalue weighted by Gasteiger charge is 2.32. The van der Waals surface area contributed by atoms with Crippen molar-refractivity contribution in [3.63, 3.8) is 0 Å². The van der Waals surface area contributed by atoms with Gasteiger partial charge in [-0.3, -0.25) is 14.4 Å². The fourth-order valence-corrected chi connectivity index (χ4v) is 4.57. The number of nitrogens with one attached hydrogen (secondary N) is 2. The van der Waals surface area contributed by atoms with Gasteiger partial charge < -0.3 is 20.5 Å². The number of methoxy groups -OCH3 is 1. The van der Waals surface area contributed by atoms with Crippen LogP contribution in [0.2, 0.25) is 0 Å². The van der Waals surface area contributed by atoms with Crippen molar-refractivity contribution < 1.29 is 29.0 Å². The molecule has 0 heterocycles. The first-order valence-corrected chi connectivity index (χ1v) is 12.7. The maximum absolute atomic E-state index is 13.4. The lowest BCUT2D eigenvalue weighted by Gasteiger charge is -2.26. The van der Waals surface area contributed by atoms with Crippen molar-refractivity contribution in [1.29, 1.82) is 0 Å². The Hall–Kier alpha value is -3.33. The minimum Gasteiger partial charge on any atom is -0.508 e. The Morgan fingerprint density at radius 1 is 0.889 bits per heavy atom. The summed E-state index contributed by atoms with van der Waals surface area (Å²) in [6.07, 6.45) is 1.02. The summed E-state index contributed by atoms with van der Waals surface area (Å²) in [6, 6.07) is 13.5. The molecule has 2 aromatic rings. The number of phenols is 1. The zero-order valence-electron chi connectivity index (χ0n) is 21.0. The number of hydrogen-bond acceptors (Lipinski definition) is 7. The molecule has 1 unspecified atom stereocenters. The molecule has 0 aliphatic rings. The molecule has 4 atom stereocenters. The third-order valence-corrected chi connectivity index (χ3v) is 7.07. The molecule has 2 aromatic carbocycles. The van der Waals surface area contributed by atoms with Crippen LogP contribution in [0.5, 0.6) is 5.75 Å². The zero-order valence-corrected chi connectivity index (χ0v) is 21.8. The lowest BCUT2D eigenvalue weighted by Crippen LogP contribution is -2.55. The quantitative estimate of drug-likeness (QED) is 0.372. The fraction of sp³-hybridized carbons (Fsp3) is 0.407. The van der Waals surface area contributed by atoms with E-state index < -0.39 is 35.1 Å². The Kier molecular flexibility index (Phi) is 11.5. The zero-order chi connectivity index (χ0) is 26.7. The van der Waals surface area contributed by atoms with Crippen LogP contribution in [0.25, 0.3) is 0 Å². The highest BCUT2D eigenvalue weighted by atomic mass is 32.2. The van der Waals surface area contributed by atoms with Crippen molar-refractivity contribution in [2.45, 2.75) is 57.4 Å². The number of aromatic hydroxyl groups is 1. The van der Waals surface area contributed by atoms with E-state index in [4.69, 9.17) is 4.74 Å². The summed E-state index contributed by atoms with van der Waals surface area (Å²) in [5.74, 6) is -1.59. The molecule has 194 valence electrons. The second kappa shape index (κ2) is 14.3. The van der Waals surface area contributed by atoms with Crippen molar-refractivity contribution in [1.82, 2.24) is 10.6 Å². The average Bonchev–Trinajstić information content (AvgIpc) is 2.87. The van der Waals surface area contributed by atoms with Crippen LogP contribution in [0.15, 0.2) is 54.6 Å². The number of hydrogen-bond donors (Lipinski definition) is 3. The van der Waals surface area contributed by atoms with Crippen LogP contribution in [0, 0.1) is 5.92 Å². The summed E-state index contributed by atoms with van der Waals surface area (Å²) in [4.78, 5) is 50.8. The molecule has 0 bridgehead atoms. The van der Waals surface area contributed by atoms with E-state index in [1.54, 1.807) is 12.1 Å². The van der Waals surface area contributed by atoms with Gasteiger partial charge in [-0.2, -0.15) is 0 Å². The summed E-state index contributed by atoms with van der Waals surface area (Å²) in [5.41, 5.74) is 1.53. The summed E-state index contributed by atoms with van der Waals surface area (Å²) >= 11 is 0.948. The number of ether oxygens (including phenoxy) is 1. The van der Waals surface area contributed by atoms with E-state index in [-0.39, 0.29) is 29.6 Å². The number of thioether (sulfide) groups is 1. The van der Waals surface area contributed by atoms with Crippen LogP contribution in [0.1, 0.15) is 38.3 Å². The third-order valence-electron chi connectivity index (χ3n) is 5.81. The van der Waals surface area contributed by atoms with Gasteiger partial charge in [0.15, 0.2) is 5.12 Å². The van der Waals surface area contributed by atoms with Crippen LogP contribution >= 0.6 is 11.8 Å². The predicted octanol–water partition coefficient (Wildman–Crippen LogP) is 3.01. The summed E-state index contributed by atoms with van der Waals surface area (Å²) in [5, 5.41) is 14.2. The summed E-state index contributed by atoms with van der Waals surface area (Å²) in [6.45, 7) is 5.23. The van der Waals surface area contributed by atoms with Gasteiger partial charge in [0, 0.05) is 19.8 Å². The van der Waals surface area contributed by atoms with E-state index in [1.807, 2.05) is 44.2 Å². The molecule has 0 saturated carbocycles. The predicted molar refractivity (Wildman–Crippen MR) is 139 cm³/mol. The standard InChI is InChI=1S/C27H34N2O6S/c1-5-17(2)24(36-18(3)30)26(33)28-22(15-19-9-7-6-8-10-19)25(32)29-23(27(34)35-4)16-20-11-13-21(31)14-12-20/h6-14,17,22-24,31H,5,15-16H2,1-4H3,(H,28,33)(H,29,32)/t17?,22-,23-,24-/m0/s1. The minimum absolute atomic E-state index is 0.0855. The van der Waals surface area contributed by atoms with Gasteiger partial charge in [-0.15, -0.1) is 0 Å². The summed E-state index contributed by atoms with van der Waals surface area (Å²) < 4.78 is 4.89. The third kappa shape index (κ3) is 9.03. The van der Waals surface area contributed by atoms with Gasteiger partial charge in [0.2, 0.25) is 11.8 Å². The van der Waals surface area contributed by atoms with E-state index >= 15 is 0 Å². The van der Waals surface area contributed by atoms with Crippen LogP contribution in [-0.2, 0) is 36.8 Å². The maximum Gasteiger partial charge on any atom is 0.328 e. The van der Waals surface area contributed by atoms with Crippen LogP contribution < -0.4 is 10.6 Å². The minimum atomic E-state index is -1.00. The lowest BCUT2D eigenvalue weighted by molar-refractivity contribution is -0.145. The Labute approximate surface area is 216 Å². The van der Waals surface area contributed by atoms with Crippen LogP contribution in [-0.4, -0.2) is 52.4 Å². The largest absolute Gasteiger partial charge is 0.508 e. The van der Waals surface area contributed by atoms with Gasteiger partial charge in [0.1, 0.15) is 17.8 Å². The monoisotopic (exact) mass is 514 g/mol. The Morgan fingerprint density at radius 3 is 2.00 bits per heavy atom. The van der Waals surface area contributed by atoms with E-state index in [0.717, 1.165) is 17.3 Å². The maximum atomic E-state index is 13.4. The molecule has 0 radical (unpaired) electrons. The van der Waals surface area contributed by atoms with Crippen molar-refractivity contribution in [3.05, 3.63) is 65.7 Å². The Morgan fingerprint density at radius 2 is 1.44 bits per heavy atom. The van der Waals surface area contributed by atoms with Gasteiger partial charge >= 0.3 is 5.97 Å². The highest BCUT2D eigenvalue weighted by molar-refractivity contribution is 8.14. The van der Waals surface area contributed by atoms with Gasteiger partial charge in [0.05, 0.1) is 12.4 Å². The SMILES string of the molecule is CCC(C)[C@H](SC(C)=O)C(=O)N[C@@H](Cc1ccccc1)C(=O)N[C@@H](Cc1ccc(O)cc1)C(=O)OC. The lowest BCUT2D eigenvalue weighted by atomic mass is 10.0.